The van der Waals surface area contributed by atoms with Crippen LogP contribution in [0.4, 0.5) is 13.2 Å². The summed E-state index contributed by atoms with van der Waals surface area (Å²) in [5, 5.41) is 2.94. The highest BCUT2D eigenvalue weighted by Crippen LogP contribution is 2.49. The summed E-state index contributed by atoms with van der Waals surface area (Å²) in [6.45, 7) is 0.921. The molecule has 7 heteroatoms. The van der Waals surface area contributed by atoms with Crippen molar-refractivity contribution in [3.63, 3.8) is 0 Å². The van der Waals surface area contributed by atoms with Gasteiger partial charge in [0.2, 0.25) is 0 Å². The number of hydrogen-bond acceptors (Lipinski definition) is 3. The second-order valence-electron chi connectivity index (χ2n) is 5.04. The standard InChI is InChI=1S/C13H13ClF3NO2/c14-9-5-8(6-10-11(9)20-4-3-19-10)7-18-12(1-2-12)13(15,16)17/h5-6,18H,1-4,7H2. The van der Waals surface area contributed by atoms with E-state index in [0.29, 0.717) is 35.3 Å². The number of benzene rings is 1. The quantitative estimate of drug-likeness (QED) is 0.929. The second kappa shape index (κ2) is 4.70. The molecule has 0 unspecified atom stereocenters. The minimum atomic E-state index is -4.22. The van der Waals surface area contributed by atoms with E-state index in [1.54, 1.807) is 12.1 Å². The number of alkyl halides is 3. The normalized spacial score (nSPS) is 19.8. The first-order valence-electron chi connectivity index (χ1n) is 6.31. The molecule has 0 bridgehead atoms. The zero-order valence-electron chi connectivity index (χ0n) is 10.5. The molecule has 2 aliphatic rings. The lowest BCUT2D eigenvalue weighted by Gasteiger charge is -2.23. The number of nitrogens with one attached hydrogen (secondary N) is 1. The van der Waals surface area contributed by atoms with Crippen molar-refractivity contribution in [1.29, 1.82) is 0 Å². The molecule has 0 aromatic heterocycles. The van der Waals surface area contributed by atoms with Crippen LogP contribution in [0.5, 0.6) is 11.5 Å². The molecular weight excluding hydrogens is 295 g/mol. The van der Waals surface area contributed by atoms with Crippen LogP contribution in [0, 0.1) is 0 Å². The van der Waals surface area contributed by atoms with Gasteiger partial charge in [-0.2, -0.15) is 13.2 Å². The predicted molar refractivity (Wildman–Crippen MR) is 67.3 cm³/mol. The molecule has 0 radical (unpaired) electrons. The van der Waals surface area contributed by atoms with Gasteiger partial charge in [0.1, 0.15) is 18.8 Å². The summed E-state index contributed by atoms with van der Waals surface area (Å²) < 4.78 is 49.2. The Bertz CT molecular complexity index is 529. The van der Waals surface area contributed by atoms with Gasteiger partial charge in [-0.3, -0.25) is 5.32 Å². The summed E-state index contributed by atoms with van der Waals surface area (Å²) in [4.78, 5) is 0. The molecule has 0 atom stereocenters. The third kappa shape index (κ3) is 2.42. The van der Waals surface area contributed by atoms with Gasteiger partial charge in [0.15, 0.2) is 11.5 Å². The third-order valence-corrected chi connectivity index (χ3v) is 3.86. The Hall–Kier alpha value is -1.14. The third-order valence-electron chi connectivity index (χ3n) is 3.58. The fourth-order valence-corrected chi connectivity index (χ4v) is 2.51. The lowest BCUT2D eigenvalue weighted by atomic mass is 10.1. The highest BCUT2D eigenvalue weighted by molar-refractivity contribution is 6.32. The van der Waals surface area contributed by atoms with E-state index in [-0.39, 0.29) is 19.4 Å². The minimum absolute atomic E-state index is 0.0931. The van der Waals surface area contributed by atoms with Crippen molar-refractivity contribution in [2.45, 2.75) is 31.1 Å². The molecule has 3 rings (SSSR count). The molecule has 1 heterocycles. The highest BCUT2D eigenvalue weighted by Gasteiger charge is 2.62. The molecule has 1 saturated carbocycles. The summed E-state index contributed by atoms with van der Waals surface area (Å²) in [5.41, 5.74) is -1.08. The molecule has 1 aromatic carbocycles. The summed E-state index contributed by atoms with van der Waals surface area (Å²) in [7, 11) is 0. The van der Waals surface area contributed by atoms with E-state index < -0.39 is 11.7 Å². The van der Waals surface area contributed by atoms with Crippen LogP contribution >= 0.6 is 11.6 Å². The van der Waals surface area contributed by atoms with Crippen LogP contribution in [0.3, 0.4) is 0 Å². The first-order chi connectivity index (χ1) is 9.41. The average Bonchev–Trinajstić information content (AvgIpc) is 3.17. The van der Waals surface area contributed by atoms with Gasteiger partial charge in [-0.1, -0.05) is 11.6 Å². The molecule has 1 aliphatic carbocycles. The van der Waals surface area contributed by atoms with Crippen LogP contribution in [0.15, 0.2) is 12.1 Å². The van der Waals surface area contributed by atoms with Crippen LogP contribution in [0.25, 0.3) is 0 Å². The van der Waals surface area contributed by atoms with Gasteiger partial charge < -0.3 is 9.47 Å². The van der Waals surface area contributed by atoms with Gasteiger partial charge in [-0.25, -0.2) is 0 Å². The SMILES string of the molecule is FC(F)(F)C1(NCc2cc(Cl)c3c(c2)OCCO3)CC1. The van der Waals surface area contributed by atoms with Gasteiger partial charge in [-0.05, 0) is 30.5 Å². The first-order valence-corrected chi connectivity index (χ1v) is 6.69. The summed E-state index contributed by atoms with van der Waals surface area (Å²) in [6.07, 6.45) is -3.98. The zero-order chi connectivity index (χ0) is 14.4. The smallest absolute Gasteiger partial charge is 0.406 e. The molecule has 20 heavy (non-hydrogen) atoms. The Morgan fingerprint density at radius 2 is 1.90 bits per heavy atom. The van der Waals surface area contributed by atoms with E-state index in [1.165, 1.54) is 0 Å². The predicted octanol–water partition coefficient (Wildman–Crippen LogP) is 3.30. The lowest BCUT2D eigenvalue weighted by Crippen LogP contribution is -2.44. The number of rotatable bonds is 3. The van der Waals surface area contributed by atoms with Gasteiger partial charge in [0.05, 0.1) is 5.02 Å². The van der Waals surface area contributed by atoms with Crippen LogP contribution in [-0.2, 0) is 6.54 Å². The van der Waals surface area contributed by atoms with E-state index in [0.717, 1.165) is 0 Å². The Labute approximate surface area is 119 Å². The molecule has 0 saturated heterocycles. The molecule has 110 valence electrons. The van der Waals surface area contributed by atoms with Crippen molar-refractivity contribution in [3.05, 3.63) is 22.7 Å². The number of fused-ring (bicyclic) bond motifs is 1. The number of hydrogen-bond donors (Lipinski definition) is 1. The Morgan fingerprint density at radius 3 is 2.55 bits per heavy atom. The fourth-order valence-electron chi connectivity index (χ4n) is 2.22. The first kappa shape index (κ1) is 13.8. The summed E-state index contributed by atoms with van der Waals surface area (Å²) in [6, 6.07) is 3.27. The summed E-state index contributed by atoms with van der Waals surface area (Å²) in [5.74, 6) is 0.941. The minimum Gasteiger partial charge on any atom is -0.486 e. The molecule has 3 nitrogen and oxygen atoms in total. The molecule has 1 N–H and O–H groups in total. The Balaban J connectivity index is 1.74. The highest BCUT2D eigenvalue weighted by atomic mass is 35.5. The van der Waals surface area contributed by atoms with E-state index in [2.05, 4.69) is 5.32 Å². The maximum atomic E-state index is 12.8. The van der Waals surface area contributed by atoms with Crippen molar-refractivity contribution in [3.8, 4) is 11.5 Å². The van der Waals surface area contributed by atoms with Crippen molar-refractivity contribution in [1.82, 2.24) is 5.32 Å². The largest absolute Gasteiger partial charge is 0.486 e. The fraction of sp³-hybridized carbons (Fsp3) is 0.538. The monoisotopic (exact) mass is 307 g/mol. The molecule has 1 fully saturated rings. The Morgan fingerprint density at radius 1 is 1.20 bits per heavy atom. The van der Waals surface area contributed by atoms with Crippen LogP contribution in [0.1, 0.15) is 18.4 Å². The molecule has 0 amide bonds. The molecular formula is C13H13ClF3NO2. The molecule has 1 aliphatic heterocycles. The topological polar surface area (TPSA) is 30.5 Å². The van der Waals surface area contributed by atoms with Gasteiger partial charge in [-0.15, -0.1) is 0 Å². The lowest BCUT2D eigenvalue weighted by molar-refractivity contribution is -0.166. The van der Waals surface area contributed by atoms with Crippen LogP contribution in [0.2, 0.25) is 5.02 Å². The number of ether oxygens (including phenoxy) is 2. The maximum absolute atomic E-state index is 12.8. The van der Waals surface area contributed by atoms with E-state index in [9.17, 15) is 13.2 Å². The van der Waals surface area contributed by atoms with Gasteiger partial charge >= 0.3 is 6.18 Å². The Kier molecular flexibility index (Phi) is 3.25. The molecule has 0 spiro atoms. The van der Waals surface area contributed by atoms with E-state index >= 15 is 0 Å². The van der Waals surface area contributed by atoms with Crippen LogP contribution in [-0.4, -0.2) is 24.9 Å². The average molecular weight is 308 g/mol. The van der Waals surface area contributed by atoms with Crippen molar-refractivity contribution < 1.29 is 22.6 Å². The maximum Gasteiger partial charge on any atom is 0.406 e. The van der Waals surface area contributed by atoms with Crippen molar-refractivity contribution in [2.24, 2.45) is 0 Å². The van der Waals surface area contributed by atoms with Crippen molar-refractivity contribution >= 4 is 11.6 Å². The van der Waals surface area contributed by atoms with E-state index in [1.807, 2.05) is 0 Å². The van der Waals surface area contributed by atoms with Crippen LogP contribution < -0.4 is 14.8 Å². The van der Waals surface area contributed by atoms with Gasteiger partial charge in [0, 0.05) is 6.54 Å². The van der Waals surface area contributed by atoms with Gasteiger partial charge in [0.25, 0.3) is 0 Å². The number of halogens is 4. The summed E-state index contributed by atoms with van der Waals surface area (Å²) >= 11 is 6.05. The zero-order valence-corrected chi connectivity index (χ0v) is 11.3. The van der Waals surface area contributed by atoms with Crippen molar-refractivity contribution in [2.75, 3.05) is 13.2 Å². The van der Waals surface area contributed by atoms with E-state index in [4.69, 9.17) is 21.1 Å². The second-order valence-corrected chi connectivity index (χ2v) is 5.44. The molecule has 1 aromatic rings.